The van der Waals surface area contributed by atoms with Crippen LogP contribution in [0.5, 0.6) is 0 Å². The summed E-state index contributed by atoms with van der Waals surface area (Å²) in [5, 5.41) is 11.3. The van der Waals surface area contributed by atoms with E-state index in [0.717, 1.165) is 12.8 Å². The van der Waals surface area contributed by atoms with Crippen LogP contribution in [0, 0.1) is 0 Å². The van der Waals surface area contributed by atoms with E-state index in [4.69, 9.17) is 9.88 Å². The number of hydrogen-bond acceptors (Lipinski definition) is 5. The van der Waals surface area contributed by atoms with Crippen molar-refractivity contribution in [2.75, 3.05) is 38.5 Å². The number of nitrogens with two attached hydrogens (primary N) is 1. The van der Waals surface area contributed by atoms with Crippen LogP contribution in [-0.2, 0) is 14.8 Å². The van der Waals surface area contributed by atoms with Crippen LogP contribution >= 0.6 is 0 Å². The van der Waals surface area contributed by atoms with E-state index in [-0.39, 0.29) is 24.4 Å². The first kappa shape index (κ1) is 19.5. The average Bonchev–Trinajstić information content (AvgIpc) is 2.47. The number of guanidine groups is 1. The summed E-state index contributed by atoms with van der Waals surface area (Å²) in [5.74, 6) is 0.371. The van der Waals surface area contributed by atoms with Crippen molar-refractivity contribution in [2.45, 2.75) is 32.7 Å². The second kappa shape index (κ2) is 9.56. The van der Waals surface area contributed by atoms with Gasteiger partial charge in [0.25, 0.3) is 0 Å². The number of nitrogens with zero attached hydrogens (tertiary/aromatic N) is 2. The maximum absolute atomic E-state index is 11.6. The smallest absolute Gasteiger partial charge is 0.409 e. The maximum Gasteiger partial charge on any atom is 0.409 e. The van der Waals surface area contributed by atoms with Crippen molar-refractivity contribution in [1.82, 2.24) is 15.5 Å². The van der Waals surface area contributed by atoms with Crippen molar-refractivity contribution in [1.29, 1.82) is 0 Å². The molecule has 9 nitrogen and oxygen atoms in total. The van der Waals surface area contributed by atoms with E-state index in [2.05, 4.69) is 15.6 Å². The van der Waals surface area contributed by atoms with Gasteiger partial charge >= 0.3 is 6.09 Å². The fourth-order valence-electron chi connectivity index (χ4n) is 2.22. The standard InChI is InChI=1S/C13H27N5O4S/c1-3-15-12(16-7-10-23(14,20)21)17-11-5-8-18(9-6-11)13(19)22-4-2/h11H,3-10H2,1-2H3,(H2,14,20,21)(H2,15,16,17). The molecule has 0 atom stereocenters. The van der Waals surface area contributed by atoms with E-state index in [1.807, 2.05) is 6.92 Å². The summed E-state index contributed by atoms with van der Waals surface area (Å²) < 4.78 is 26.8. The predicted octanol–water partition coefficient (Wildman–Crippen LogP) is -0.549. The van der Waals surface area contributed by atoms with Gasteiger partial charge in [-0.2, -0.15) is 0 Å². The van der Waals surface area contributed by atoms with Crippen molar-refractivity contribution in [3.63, 3.8) is 0 Å². The molecule has 0 radical (unpaired) electrons. The molecule has 0 aliphatic carbocycles. The van der Waals surface area contributed by atoms with Crippen molar-refractivity contribution >= 4 is 22.1 Å². The van der Waals surface area contributed by atoms with Crippen LogP contribution in [0.4, 0.5) is 4.79 Å². The summed E-state index contributed by atoms with van der Waals surface area (Å²) in [6, 6.07) is 0.174. The van der Waals surface area contributed by atoms with Gasteiger partial charge in [-0.25, -0.2) is 18.4 Å². The maximum atomic E-state index is 11.6. The first-order valence-electron chi connectivity index (χ1n) is 7.82. The molecule has 0 aromatic carbocycles. The summed E-state index contributed by atoms with van der Waals surface area (Å²) in [4.78, 5) is 17.5. The molecule has 1 aliphatic rings. The fourth-order valence-corrected chi connectivity index (χ4v) is 2.56. The highest BCUT2D eigenvalue weighted by atomic mass is 32.2. The SMILES string of the molecule is CCNC(=NCCS(N)(=O)=O)NC1CCN(C(=O)OCC)CC1. The second-order valence-corrected chi connectivity index (χ2v) is 6.97. The number of likely N-dealkylation sites (tertiary alicyclic amines) is 1. The number of ether oxygens (including phenoxy) is 1. The van der Waals surface area contributed by atoms with Crippen LogP contribution in [0.3, 0.4) is 0 Å². The molecule has 4 N–H and O–H groups in total. The lowest BCUT2D eigenvalue weighted by atomic mass is 10.1. The molecule has 0 unspecified atom stereocenters. The van der Waals surface area contributed by atoms with E-state index in [1.165, 1.54) is 0 Å². The van der Waals surface area contributed by atoms with Crippen molar-refractivity contribution in [2.24, 2.45) is 10.1 Å². The zero-order valence-electron chi connectivity index (χ0n) is 13.7. The second-order valence-electron chi connectivity index (χ2n) is 5.23. The molecule has 0 spiro atoms. The molecule has 0 aromatic rings. The third-order valence-corrected chi connectivity index (χ3v) is 4.10. The number of primary sulfonamides is 1. The normalized spacial score (nSPS) is 17.0. The zero-order valence-corrected chi connectivity index (χ0v) is 14.6. The molecule has 0 aromatic heterocycles. The minimum absolute atomic E-state index is 0.107. The largest absolute Gasteiger partial charge is 0.450 e. The molecule has 1 saturated heterocycles. The van der Waals surface area contributed by atoms with Gasteiger partial charge < -0.3 is 20.3 Å². The van der Waals surface area contributed by atoms with Crippen molar-refractivity contribution < 1.29 is 17.9 Å². The van der Waals surface area contributed by atoms with Crippen LogP contribution in [-0.4, -0.2) is 70.0 Å². The lowest BCUT2D eigenvalue weighted by Gasteiger charge is -2.32. The van der Waals surface area contributed by atoms with Gasteiger partial charge in [0.1, 0.15) is 0 Å². The summed E-state index contributed by atoms with van der Waals surface area (Å²) >= 11 is 0. The van der Waals surface area contributed by atoms with Crippen LogP contribution < -0.4 is 15.8 Å². The number of piperidine rings is 1. The van der Waals surface area contributed by atoms with Crippen molar-refractivity contribution in [3.8, 4) is 0 Å². The molecule has 1 fully saturated rings. The summed E-state index contributed by atoms with van der Waals surface area (Å²) in [6.45, 7) is 6.10. The Hall–Kier alpha value is -1.55. The highest BCUT2D eigenvalue weighted by molar-refractivity contribution is 7.89. The Kier molecular flexibility index (Phi) is 8.10. The van der Waals surface area contributed by atoms with Gasteiger partial charge in [-0.1, -0.05) is 0 Å². The Morgan fingerprint density at radius 3 is 2.52 bits per heavy atom. The number of hydrogen-bond donors (Lipinski definition) is 3. The van der Waals surface area contributed by atoms with E-state index in [9.17, 15) is 13.2 Å². The van der Waals surface area contributed by atoms with E-state index in [0.29, 0.717) is 32.2 Å². The zero-order chi connectivity index (χ0) is 17.3. The molecule has 1 heterocycles. The first-order chi connectivity index (χ1) is 10.9. The van der Waals surface area contributed by atoms with Crippen molar-refractivity contribution in [3.05, 3.63) is 0 Å². The van der Waals surface area contributed by atoms with Gasteiger partial charge in [0.05, 0.1) is 18.9 Å². The summed E-state index contributed by atoms with van der Waals surface area (Å²) in [5.41, 5.74) is 0. The fraction of sp³-hybridized carbons (Fsp3) is 0.846. The van der Waals surface area contributed by atoms with Crippen LogP contribution in [0.2, 0.25) is 0 Å². The first-order valence-corrected chi connectivity index (χ1v) is 9.54. The van der Waals surface area contributed by atoms with E-state index >= 15 is 0 Å². The predicted molar refractivity (Wildman–Crippen MR) is 88.7 cm³/mol. The van der Waals surface area contributed by atoms with Gasteiger partial charge in [-0.3, -0.25) is 4.99 Å². The number of amides is 1. The molecular formula is C13H27N5O4S. The Labute approximate surface area is 137 Å². The van der Waals surface area contributed by atoms with Gasteiger partial charge in [-0.05, 0) is 26.7 Å². The van der Waals surface area contributed by atoms with Gasteiger partial charge in [0.2, 0.25) is 10.0 Å². The number of carbonyl (C=O) groups excluding carboxylic acids is 1. The third-order valence-electron chi connectivity index (χ3n) is 3.35. The van der Waals surface area contributed by atoms with E-state index in [1.54, 1.807) is 11.8 Å². The lowest BCUT2D eigenvalue weighted by molar-refractivity contribution is 0.0963. The Morgan fingerprint density at radius 1 is 1.35 bits per heavy atom. The highest BCUT2D eigenvalue weighted by Crippen LogP contribution is 2.11. The van der Waals surface area contributed by atoms with E-state index < -0.39 is 10.0 Å². The molecule has 0 saturated carbocycles. The average molecular weight is 349 g/mol. The van der Waals surface area contributed by atoms with Crippen LogP contribution in [0.15, 0.2) is 4.99 Å². The molecule has 134 valence electrons. The number of carbonyl (C=O) groups is 1. The van der Waals surface area contributed by atoms with Crippen LogP contribution in [0.25, 0.3) is 0 Å². The Balaban J connectivity index is 2.46. The number of sulfonamides is 1. The summed E-state index contributed by atoms with van der Waals surface area (Å²) in [7, 11) is -3.51. The summed E-state index contributed by atoms with van der Waals surface area (Å²) in [6.07, 6.45) is 1.27. The molecule has 1 amide bonds. The number of rotatable bonds is 6. The topological polar surface area (TPSA) is 126 Å². The quantitative estimate of drug-likeness (QED) is 0.436. The molecule has 1 rings (SSSR count). The van der Waals surface area contributed by atoms with Gasteiger partial charge in [0, 0.05) is 25.7 Å². The lowest BCUT2D eigenvalue weighted by Crippen LogP contribution is -2.50. The van der Waals surface area contributed by atoms with Crippen LogP contribution in [0.1, 0.15) is 26.7 Å². The minimum atomic E-state index is -3.51. The Bertz CT molecular complexity index is 500. The minimum Gasteiger partial charge on any atom is -0.450 e. The number of aliphatic imine (C=N–C) groups is 1. The molecule has 23 heavy (non-hydrogen) atoms. The molecule has 0 bridgehead atoms. The highest BCUT2D eigenvalue weighted by Gasteiger charge is 2.24. The van der Waals surface area contributed by atoms with Gasteiger partial charge in [-0.15, -0.1) is 0 Å². The third kappa shape index (κ3) is 8.03. The molecular weight excluding hydrogens is 322 g/mol. The monoisotopic (exact) mass is 349 g/mol. The molecule has 1 aliphatic heterocycles. The Morgan fingerprint density at radius 2 is 2.00 bits per heavy atom. The number of nitrogens with one attached hydrogen (secondary N) is 2. The van der Waals surface area contributed by atoms with Gasteiger partial charge in [0.15, 0.2) is 5.96 Å². The molecule has 10 heteroatoms.